The van der Waals surface area contributed by atoms with Crippen LogP contribution in [0.5, 0.6) is 11.5 Å². The third-order valence-electron chi connectivity index (χ3n) is 2.34. The smallest absolute Gasteiger partial charge is 0.166 e. The van der Waals surface area contributed by atoms with Gasteiger partial charge in [-0.25, -0.2) is 8.78 Å². The average Bonchev–Trinajstić information content (AvgIpc) is 2.32. The Morgan fingerprint density at radius 2 is 1.84 bits per heavy atom. The number of halogens is 3. The van der Waals surface area contributed by atoms with Gasteiger partial charge >= 0.3 is 0 Å². The molecule has 98 valence electrons. The molecule has 2 rings (SSSR count). The van der Waals surface area contributed by atoms with Gasteiger partial charge in [0.05, 0.1) is 5.56 Å². The molecule has 0 amide bonds. The van der Waals surface area contributed by atoms with Crippen molar-refractivity contribution in [1.29, 1.82) is 0 Å². The van der Waals surface area contributed by atoms with Gasteiger partial charge in [-0.15, -0.1) is 0 Å². The standard InChI is InChI=1S/C13H8BrF2NOS/c14-7-4-5-10(9(16)6-7)18-11-3-1-2-8(15)12(11)13(17)19/h1-6H,(H2,17,19). The van der Waals surface area contributed by atoms with Crippen molar-refractivity contribution in [3.05, 3.63) is 58.1 Å². The summed E-state index contributed by atoms with van der Waals surface area (Å²) in [4.78, 5) is -0.148. The van der Waals surface area contributed by atoms with E-state index in [9.17, 15) is 8.78 Å². The maximum Gasteiger partial charge on any atom is 0.166 e. The number of rotatable bonds is 3. The summed E-state index contributed by atoms with van der Waals surface area (Å²) in [6.07, 6.45) is 0. The van der Waals surface area contributed by atoms with Gasteiger partial charge in [-0.2, -0.15) is 0 Å². The van der Waals surface area contributed by atoms with E-state index in [1.807, 2.05) is 0 Å². The molecule has 0 heterocycles. The van der Waals surface area contributed by atoms with Crippen LogP contribution in [0.2, 0.25) is 0 Å². The van der Waals surface area contributed by atoms with Gasteiger partial charge in [0.25, 0.3) is 0 Å². The Morgan fingerprint density at radius 1 is 1.11 bits per heavy atom. The summed E-state index contributed by atoms with van der Waals surface area (Å²) in [6.45, 7) is 0. The summed E-state index contributed by atoms with van der Waals surface area (Å²) >= 11 is 7.90. The highest BCUT2D eigenvalue weighted by Crippen LogP contribution is 2.30. The second kappa shape index (κ2) is 5.63. The highest BCUT2D eigenvalue weighted by molar-refractivity contribution is 9.10. The van der Waals surface area contributed by atoms with Crippen molar-refractivity contribution < 1.29 is 13.5 Å². The van der Waals surface area contributed by atoms with Crippen molar-refractivity contribution in [1.82, 2.24) is 0 Å². The van der Waals surface area contributed by atoms with E-state index in [-0.39, 0.29) is 22.1 Å². The second-order valence-electron chi connectivity index (χ2n) is 3.65. The number of benzene rings is 2. The number of thiocarbonyl (C=S) groups is 1. The lowest BCUT2D eigenvalue weighted by molar-refractivity contribution is 0.437. The van der Waals surface area contributed by atoms with E-state index in [4.69, 9.17) is 22.7 Å². The summed E-state index contributed by atoms with van der Waals surface area (Å²) in [5, 5.41) is 0. The summed E-state index contributed by atoms with van der Waals surface area (Å²) in [6, 6.07) is 8.39. The molecule has 0 atom stereocenters. The lowest BCUT2D eigenvalue weighted by Crippen LogP contribution is -2.13. The molecular weight excluding hydrogens is 336 g/mol. The van der Waals surface area contributed by atoms with Crippen LogP contribution in [0, 0.1) is 11.6 Å². The van der Waals surface area contributed by atoms with Crippen molar-refractivity contribution in [3.8, 4) is 11.5 Å². The molecule has 0 aliphatic heterocycles. The van der Waals surface area contributed by atoms with Gasteiger partial charge in [0.1, 0.15) is 16.6 Å². The fourth-order valence-electron chi connectivity index (χ4n) is 1.50. The molecule has 2 N–H and O–H groups in total. The summed E-state index contributed by atoms with van der Waals surface area (Å²) in [5.74, 6) is -1.14. The van der Waals surface area contributed by atoms with Crippen molar-refractivity contribution in [2.24, 2.45) is 5.73 Å². The molecule has 19 heavy (non-hydrogen) atoms. The molecular formula is C13H8BrF2NOS. The average molecular weight is 344 g/mol. The number of nitrogens with two attached hydrogens (primary N) is 1. The van der Waals surface area contributed by atoms with Crippen molar-refractivity contribution in [2.75, 3.05) is 0 Å². The van der Waals surface area contributed by atoms with Gasteiger partial charge < -0.3 is 10.5 Å². The third kappa shape index (κ3) is 3.08. The lowest BCUT2D eigenvalue weighted by atomic mass is 10.2. The Bertz CT molecular complexity index is 649. The normalized spacial score (nSPS) is 10.3. The third-order valence-corrected chi connectivity index (χ3v) is 3.03. The lowest BCUT2D eigenvalue weighted by Gasteiger charge is -2.11. The molecule has 0 saturated heterocycles. The number of hydrogen-bond donors (Lipinski definition) is 1. The largest absolute Gasteiger partial charge is 0.453 e. The predicted octanol–water partition coefficient (Wildman–Crippen LogP) is 4.15. The molecule has 0 aliphatic rings. The molecule has 0 radical (unpaired) electrons. The zero-order valence-corrected chi connectivity index (χ0v) is 11.9. The maximum atomic E-state index is 13.7. The molecule has 0 saturated carbocycles. The quantitative estimate of drug-likeness (QED) is 0.850. The number of ether oxygens (including phenoxy) is 1. The van der Waals surface area contributed by atoms with E-state index in [1.165, 1.54) is 30.3 Å². The molecule has 2 aromatic carbocycles. The van der Waals surface area contributed by atoms with Crippen LogP contribution < -0.4 is 10.5 Å². The minimum atomic E-state index is -0.609. The molecule has 0 spiro atoms. The van der Waals surface area contributed by atoms with Crippen LogP contribution >= 0.6 is 28.1 Å². The van der Waals surface area contributed by atoms with Gasteiger partial charge in [-0.1, -0.05) is 34.2 Å². The van der Waals surface area contributed by atoms with Crippen LogP contribution in [0.3, 0.4) is 0 Å². The van der Waals surface area contributed by atoms with Gasteiger partial charge in [0.15, 0.2) is 11.6 Å². The molecule has 2 nitrogen and oxygen atoms in total. The van der Waals surface area contributed by atoms with Crippen LogP contribution in [-0.4, -0.2) is 4.99 Å². The monoisotopic (exact) mass is 343 g/mol. The summed E-state index contributed by atoms with van der Waals surface area (Å²) in [7, 11) is 0. The van der Waals surface area contributed by atoms with Crippen LogP contribution in [0.25, 0.3) is 0 Å². The molecule has 0 aliphatic carbocycles. The van der Waals surface area contributed by atoms with E-state index >= 15 is 0 Å². The highest BCUT2D eigenvalue weighted by Gasteiger charge is 2.14. The first kappa shape index (κ1) is 13.9. The molecule has 0 unspecified atom stereocenters. The Labute approximate surface area is 122 Å². The Balaban J connectivity index is 2.44. The highest BCUT2D eigenvalue weighted by atomic mass is 79.9. The van der Waals surface area contributed by atoms with E-state index in [2.05, 4.69) is 15.9 Å². The fourth-order valence-corrected chi connectivity index (χ4v) is 2.04. The van der Waals surface area contributed by atoms with Crippen molar-refractivity contribution in [2.45, 2.75) is 0 Å². The van der Waals surface area contributed by atoms with Crippen LogP contribution in [0.1, 0.15) is 5.56 Å². The van der Waals surface area contributed by atoms with Crippen molar-refractivity contribution >= 4 is 33.1 Å². The van der Waals surface area contributed by atoms with E-state index in [0.717, 1.165) is 0 Å². The van der Waals surface area contributed by atoms with Gasteiger partial charge in [-0.05, 0) is 30.3 Å². The SMILES string of the molecule is NC(=S)c1c(F)cccc1Oc1ccc(Br)cc1F. The molecule has 0 bridgehead atoms. The van der Waals surface area contributed by atoms with E-state index < -0.39 is 11.6 Å². The zero-order chi connectivity index (χ0) is 14.0. The Morgan fingerprint density at radius 3 is 2.47 bits per heavy atom. The number of hydrogen-bond acceptors (Lipinski definition) is 2. The second-order valence-corrected chi connectivity index (χ2v) is 5.01. The van der Waals surface area contributed by atoms with Crippen LogP contribution in [0.15, 0.2) is 40.9 Å². The fraction of sp³-hybridized carbons (Fsp3) is 0. The van der Waals surface area contributed by atoms with E-state index in [1.54, 1.807) is 6.07 Å². The van der Waals surface area contributed by atoms with Crippen LogP contribution in [-0.2, 0) is 0 Å². The van der Waals surface area contributed by atoms with Crippen molar-refractivity contribution in [3.63, 3.8) is 0 Å². The molecule has 0 fully saturated rings. The topological polar surface area (TPSA) is 35.2 Å². The zero-order valence-electron chi connectivity index (χ0n) is 9.49. The molecule has 6 heteroatoms. The first-order valence-corrected chi connectivity index (χ1v) is 6.40. The Kier molecular flexibility index (Phi) is 4.11. The van der Waals surface area contributed by atoms with Gasteiger partial charge in [-0.3, -0.25) is 0 Å². The van der Waals surface area contributed by atoms with Gasteiger partial charge in [0.2, 0.25) is 0 Å². The van der Waals surface area contributed by atoms with E-state index in [0.29, 0.717) is 4.47 Å². The minimum Gasteiger partial charge on any atom is -0.453 e. The summed E-state index contributed by atoms with van der Waals surface area (Å²) < 4.78 is 33.2. The maximum absolute atomic E-state index is 13.7. The summed E-state index contributed by atoms with van der Waals surface area (Å²) in [5.41, 5.74) is 5.40. The minimum absolute atomic E-state index is 0.0358. The first-order chi connectivity index (χ1) is 8.99. The van der Waals surface area contributed by atoms with Gasteiger partial charge in [0, 0.05) is 4.47 Å². The Hall–Kier alpha value is -1.53. The molecule has 2 aromatic rings. The molecule has 0 aromatic heterocycles. The van der Waals surface area contributed by atoms with Crippen LogP contribution in [0.4, 0.5) is 8.78 Å². The predicted molar refractivity (Wildman–Crippen MR) is 76.5 cm³/mol. The first-order valence-electron chi connectivity index (χ1n) is 5.20.